The van der Waals surface area contributed by atoms with Crippen LogP contribution in [-0.2, 0) is 23.9 Å². The first kappa shape index (κ1) is 27.7. The molecular weight excluding hydrogens is 558 g/mol. The highest BCUT2D eigenvalue weighted by atomic mass is 35.5. The van der Waals surface area contributed by atoms with Gasteiger partial charge in [-0.25, -0.2) is 4.79 Å². The molecule has 1 atom stereocenters. The third kappa shape index (κ3) is 6.38. The Kier molecular flexibility index (Phi) is 8.45. The maximum atomic E-state index is 13.8. The Hall–Kier alpha value is -3.33. The summed E-state index contributed by atoms with van der Waals surface area (Å²) in [5.74, 6) is -1.87. The van der Waals surface area contributed by atoms with Gasteiger partial charge in [0.15, 0.2) is 0 Å². The lowest BCUT2D eigenvalue weighted by atomic mass is 10.0. The van der Waals surface area contributed by atoms with Crippen molar-refractivity contribution >= 4 is 46.4 Å². The van der Waals surface area contributed by atoms with Gasteiger partial charge in [0.25, 0.3) is 5.91 Å². The number of alkyl halides is 3. The van der Waals surface area contributed by atoms with Crippen LogP contribution in [0.1, 0.15) is 26.4 Å². The van der Waals surface area contributed by atoms with E-state index >= 15 is 0 Å². The minimum atomic E-state index is -4.52. The van der Waals surface area contributed by atoms with E-state index in [1.807, 2.05) is 0 Å². The van der Waals surface area contributed by atoms with Crippen LogP contribution in [0, 0.1) is 0 Å². The zero-order chi connectivity index (χ0) is 27.4. The standard InChI is InChI=1S/C28H20Cl2F3NO3S/c29-20-9-10-22(23(30)15-20)26(35)34(24(27(36)37)13-17-5-2-1-3-6-17)16-25-21(11-12-38-25)18-7-4-8-19(14-18)28(31,32)33/h1-12,14-15,24H,13,16H2,(H,36,37). The fraction of sp³-hybridized carbons (Fsp3) is 0.143. The smallest absolute Gasteiger partial charge is 0.416 e. The van der Waals surface area contributed by atoms with Crippen LogP contribution in [0.25, 0.3) is 11.1 Å². The normalized spacial score (nSPS) is 12.2. The van der Waals surface area contributed by atoms with Crippen molar-refractivity contribution < 1.29 is 27.9 Å². The molecule has 1 heterocycles. The van der Waals surface area contributed by atoms with Crippen LogP contribution in [0.2, 0.25) is 10.0 Å². The number of benzene rings is 3. The van der Waals surface area contributed by atoms with Crippen molar-refractivity contribution in [2.24, 2.45) is 0 Å². The monoisotopic (exact) mass is 577 g/mol. The van der Waals surface area contributed by atoms with E-state index in [1.54, 1.807) is 47.8 Å². The van der Waals surface area contributed by atoms with E-state index in [-0.39, 0.29) is 23.6 Å². The van der Waals surface area contributed by atoms with Crippen molar-refractivity contribution in [3.8, 4) is 11.1 Å². The summed E-state index contributed by atoms with van der Waals surface area (Å²) >= 11 is 13.5. The van der Waals surface area contributed by atoms with Crippen molar-refractivity contribution in [2.75, 3.05) is 0 Å². The fourth-order valence-electron chi connectivity index (χ4n) is 4.05. The number of nitrogens with zero attached hydrogens (tertiary/aromatic N) is 1. The summed E-state index contributed by atoms with van der Waals surface area (Å²) in [6.07, 6.45) is -4.51. The molecule has 0 bridgehead atoms. The van der Waals surface area contributed by atoms with Crippen LogP contribution in [0.5, 0.6) is 0 Å². The van der Waals surface area contributed by atoms with Gasteiger partial charge < -0.3 is 10.0 Å². The lowest BCUT2D eigenvalue weighted by Gasteiger charge is -2.30. The lowest BCUT2D eigenvalue weighted by Crippen LogP contribution is -2.46. The van der Waals surface area contributed by atoms with E-state index in [0.717, 1.165) is 12.1 Å². The van der Waals surface area contributed by atoms with E-state index < -0.39 is 29.7 Å². The zero-order valence-corrected chi connectivity index (χ0v) is 21.9. The Labute approximate surface area is 230 Å². The number of carbonyl (C=O) groups excluding carboxylic acids is 1. The number of halogens is 5. The maximum absolute atomic E-state index is 13.8. The summed E-state index contributed by atoms with van der Waals surface area (Å²) in [7, 11) is 0. The maximum Gasteiger partial charge on any atom is 0.416 e. The predicted octanol–water partition coefficient (Wildman–Crippen LogP) is 8.08. The molecule has 4 nitrogen and oxygen atoms in total. The third-order valence-corrected chi connectivity index (χ3v) is 7.37. The largest absolute Gasteiger partial charge is 0.480 e. The molecule has 4 aromatic rings. The van der Waals surface area contributed by atoms with Gasteiger partial charge in [0.2, 0.25) is 0 Å². The first-order chi connectivity index (χ1) is 18.0. The minimum absolute atomic E-state index is 0.0113. The molecule has 0 fully saturated rings. The quantitative estimate of drug-likeness (QED) is 0.230. The van der Waals surface area contributed by atoms with Gasteiger partial charge in [0.1, 0.15) is 6.04 Å². The molecule has 0 saturated carbocycles. The Morgan fingerprint density at radius 1 is 0.947 bits per heavy atom. The fourth-order valence-corrected chi connectivity index (χ4v) is 5.43. The molecule has 1 aromatic heterocycles. The van der Waals surface area contributed by atoms with Gasteiger partial charge in [0, 0.05) is 16.3 Å². The van der Waals surface area contributed by atoms with Crippen LogP contribution >= 0.6 is 34.5 Å². The molecule has 0 aliphatic carbocycles. The first-order valence-corrected chi connectivity index (χ1v) is 12.9. The van der Waals surface area contributed by atoms with Crippen molar-refractivity contribution in [2.45, 2.75) is 25.2 Å². The number of amides is 1. The molecule has 1 N–H and O–H groups in total. The number of carboxylic acids is 1. The van der Waals surface area contributed by atoms with Gasteiger partial charge in [-0.3, -0.25) is 4.79 Å². The Morgan fingerprint density at radius 3 is 2.34 bits per heavy atom. The zero-order valence-electron chi connectivity index (χ0n) is 19.6. The highest BCUT2D eigenvalue weighted by Gasteiger charge is 2.33. The van der Waals surface area contributed by atoms with E-state index in [2.05, 4.69) is 0 Å². The number of rotatable bonds is 8. The van der Waals surface area contributed by atoms with Crippen LogP contribution < -0.4 is 0 Å². The van der Waals surface area contributed by atoms with Crippen LogP contribution in [0.4, 0.5) is 13.2 Å². The molecule has 38 heavy (non-hydrogen) atoms. The summed E-state index contributed by atoms with van der Waals surface area (Å²) in [5, 5.41) is 12.2. The van der Waals surface area contributed by atoms with E-state index in [4.69, 9.17) is 23.2 Å². The van der Waals surface area contributed by atoms with E-state index in [9.17, 15) is 27.9 Å². The van der Waals surface area contributed by atoms with E-state index in [0.29, 0.717) is 26.6 Å². The summed E-state index contributed by atoms with van der Waals surface area (Å²) in [6, 6.07) is 18.4. The second kappa shape index (κ2) is 11.6. The molecule has 0 radical (unpaired) electrons. The number of carboxylic acid groups (broad SMARTS) is 1. The average Bonchev–Trinajstić information content (AvgIpc) is 3.34. The second-order valence-corrected chi connectivity index (χ2v) is 10.3. The van der Waals surface area contributed by atoms with Gasteiger partial charge in [-0.2, -0.15) is 13.2 Å². The molecule has 3 aromatic carbocycles. The van der Waals surface area contributed by atoms with E-state index in [1.165, 1.54) is 40.5 Å². The summed E-state index contributed by atoms with van der Waals surface area (Å²) < 4.78 is 40.0. The Balaban J connectivity index is 1.77. The number of hydrogen-bond donors (Lipinski definition) is 1. The number of thiophene rings is 1. The minimum Gasteiger partial charge on any atom is -0.480 e. The molecule has 10 heteroatoms. The highest BCUT2D eigenvalue weighted by molar-refractivity contribution is 7.10. The van der Waals surface area contributed by atoms with Crippen LogP contribution in [0.3, 0.4) is 0 Å². The SMILES string of the molecule is O=C(O)C(Cc1ccccc1)N(Cc1sccc1-c1cccc(C(F)(F)F)c1)C(=O)c1ccc(Cl)cc1Cl. The predicted molar refractivity (Wildman–Crippen MR) is 143 cm³/mol. The van der Waals surface area contributed by atoms with Crippen LogP contribution in [-0.4, -0.2) is 27.9 Å². The average molecular weight is 578 g/mol. The Bertz CT molecular complexity index is 1460. The third-order valence-electron chi connectivity index (χ3n) is 5.92. The summed E-state index contributed by atoms with van der Waals surface area (Å²) in [6.45, 7) is -0.162. The molecule has 1 unspecified atom stereocenters. The molecule has 0 aliphatic heterocycles. The van der Waals surface area contributed by atoms with Crippen molar-refractivity contribution in [1.29, 1.82) is 0 Å². The van der Waals surface area contributed by atoms with Gasteiger partial charge in [0.05, 0.1) is 22.7 Å². The molecule has 196 valence electrons. The molecule has 0 saturated heterocycles. The number of aliphatic carboxylic acids is 1. The van der Waals surface area contributed by atoms with Crippen molar-refractivity contribution in [3.63, 3.8) is 0 Å². The molecule has 0 spiro atoms. The van der Waals surface area contributed by atoms with Crippen LogP contribution in [0.15, 0.2) is 84.2 Å². The van der Waals surface area contributed by atoms with Crippen molar-refractivity contribution in [1.82, 2.24) is 4.90 Å². The first-order valence-electron chi connectivity index (χ1n) is 11.3. The molecular formula is C28H20Cl2F3NO3S. The molecule has 4 rings (SSSR count). The summed E-state index contributed by atoms with van der Waals surface area (Å²) in [4.78, 5) is 28.0. The highest BCUT2D eigenvalue weighted by Crippen LogP contribution is 2.36. The van der Waals surface area contributed by atoms with Gasteiger partial charge in [-0.1, -0.05) is 65.7 Å². The van der Waals surface area contributed by atoms with Crippen molar-refractivity contribution in [3.05, 3.63) is 116 Å². The van der Waals surface area contributed by atoms with Gasteiger partial charge >= 0.3 is 12.1 Å². The van der Waals surface area contributed by atoms with Gasteiger partial charge in [-0.05, 0) is 58.5 Å². The summed E-state index contributed by atoms with van der Waals surface area (Å²) in [5.41, 5.74) is 0.741. The number of carbonyl (C=O) groups is 2. The molecule has 0 aliphatic rings. The topological polar surface area (TPSA) is 57.6 Å². The second-order valence-electron chi connectivity index (χ2n) is 8.44. The molecule has 1 amide bonds. The Morgan fingerprint density at radius 2 is 1.68 bits per heavy atom. The lowest BCUT2D eigenvalue weighted by molar-refractivity contribution is -0.142. The number of hydrogen-bond acceptors (Lipinski definition) is 3. The van der Waals surface area contributed by atoms with Gasteiger partial charge in [-0.15, -0.1) is 11.3 Å².